The second kappa shape index (κ2) is 9.00. The number of carbonyl (C=O) groups excluding carboxylic acids is 1. The van der Waals surface area contributed by atoms with E-state index in [-0.39, 0.29) is 17.6 Å². The fourth-order valence-electron chi connectivity index (χ4n) is 3.86. The molecule has 3 aromatic rings. The van der Waals surface area contributed by atoms with Crippen molar-refractivity contribution in [2.75, 3.05) is 25.5 Å². The molecule has 1 aliphatic heterocycles. The normalized spacial score (nSPS) is 16.9. The van der Waals surface area contributed by atoms with E-state index in [4.69, 9.17) is 4.74 Å². The third-order valence-corrected chi connectivity index (χ3v) is 5.44. The third kappa shape index (κ3) is 4.63. The van der Waals surface area contributed by atoms with Crippen molar-refractivity contribution in [3.05, 3.63) is 66.5 Å². The molecule has 0 radical (unpaired) electrons. The lowest BCUT2D eigenvalue weighted by Crippen LogP contribution is -2.40. The van der Waals surface area contributed by atoms with E-state index in [1.807, 2.05) is 42.6 Å². The van der Waals surface area contributed by atoms with Crippen LogP contribution in [0.5, 0.6) is 11.5 Å². The molecular formula is C23H26N4O3. The summed E-state index contributed by atoms with van der Waals surface area (Å²) in [6.45, 7) is 2.14. The van der Waals surface area contributed by atoms with Crippen LogP contribution in [0.1, 0.15) is 18.4 Å². The fourth-order valence-corrected chi connectivity index (χ4v) is 3.86. The van der Waals surface area contributed by atoms with Crippen molar-refractivity contribution < 1.29 is 14.6 Å². The molecule has 0 bridgehead atoms. The van der Waals surface area contributed by atoms with Crippen molar-refractivity contribution >= 4 is 11.6 Å². The summed E-state index contributed by atoms with van der Waals surface area (Å²) >= 11 is 0. The Labute approximate surface area is 175 Å². The van der Waals surface area contributed by atoms with Crippen LogP contribution in [0.2, 0.25) is 0 Å². The molecule has 1 aliphatic rings. The van der Waals surface area contributed by atoms with Crippen molar-refractivity contribution in [2.24, 2.45) is 5.92 Å². The first-order valence-electron chi connectivity index (χ1n) is 10.1. The summed E-state index contributed by atoms with van der Waals surface area (Å²) in [5, 5.41) is 17.5. The molecule has 1 atom stereocenters. The zero-order valence-electron chi connectivity index (χ0n) is 17.0. The maximum Gasteiger partial charge on any atom is 0.228 e. The van der Waals surface area contributed by atoms with E-state index in [0.29, 0.717) is 18.8 Å². The lowest BCUT2D eigenvalue weighted by molar-refractivity contribution is -0.121. The zero-order valence-corrected chi connectivity index (χ0v) is 17.0. The molecular weight excluding hydrogens is 380 g/mol. The Morgan fingerprint density at radius 2 is 2.17 bits per heavy atom. The van der Waals surface area contributed by atoms with Crippen molar-refractivity contribution in [3.8, 4) is 17.2 Å². The summed E-state index contributed by atoms with van der Waals surface area (Å²) in [6, 6.07) is 14.8. The highest BCUT2D eigenvalue weighted by Crippen LogP contribution is 2.27. The number of hydrogen-bond donors (Lipinski definition) is 2. The molecule has 0 aliphatic carbocycles. The number of benzene rings is 2. The number of carbonyl (C=O) groups is 1. The maximum absolute atomic E-state index is 12.9. The number of phenols is 1. The first-order chi connectivity index (χ1) is 14.6. The molecule has 2 N–H and O–H groups in total. The van der Waals surface area contributed by atoms with Crippen LogP contribution in [0.25, 0.3) is 5.69 Å². The Hall–Kier alpha value is -3.32. The van der Waals surface area contributed by atoms with E-state index >= 15 is 0 Å². The molecule has 0 saturated carbocycles. The Bertz CT molecular complexity index is 1000. The van der Waals surface area contributed by atoms with Gasteiger partial charge in [0.1, 0.15) is 11.5 Å². The fraction of sp³-hybridized carbons (Fsp3) is 0.304. The standard InChI is InChI=1S/C23H26N4O3/c1-30-21-8-9-22(28)18(13-21)16-26-11-3-5-17(15-26)23(29)25-19-6-2-7-20(14-19)27-12-4-10-24-27/h2,4,6-10,12-14,17,28H,3,5,11,15-16H2,1H3,(H,25,29)/t17-/m1/s1. The quantitative estimate of drug-likeness (QED) is 0.656. The first kappa shape index (κ1) is 20.0. The average Bonchev–Trinajstić information content (AvgIpc) is 3.31. The highest BCUT2D eigenvalue weighted by Gasteiger charge is 2.26. The number of phenolic OH excluding ortho intramolecular Hbond substituents is 1. The van der Waals surface area contributed by atoms with Crippen molar-refractivity contribution in [3.63, 3.8) is 0 Å². The van der Waals surface area contributed by atoms with E-state index < -0.39 is 0 Å². The van der Waals surface area contributed by atoms with Gasteiger partial charge in [0.15, 0.2) is 0 Å². The van der Waals surface area contributed by atoms with Gasteiger partial charge >= 0.3 is 0 Å². The number of likely N-dealkylation sites (tertiary alicyclic amines) is 1. The SMILES string of the molecule is COc1ccc(O)c(CN2CCC[C@@H](C(=O)Nc3cccc(-n4cccn4)c3)C2)c1. The van der Waals surface area contributed by atoms with Gasteiger partial charge in [-0.1, -0.05) is 6.07 Å². The molecule has 7 heteroatoms. The van der Waals surface area contributed by atoms with Gasteiger partial charge in [0.25, 0.3) is 0 Å². The average molecular weight is 406 g/mol. The van der Waals surface area contributed by atoms with Crippen molar-refractivity contribution in [1.82, 2.24) is 14.7 Å². The number of hydrogen-bond acceptors (Lipinski definition) is 5. The minimum Gasteiger partial charge on any atom is -0.508 e. The number of aromatic nitrogens is 2. The number of rotatable bonds is 6. The second-order valence-corrected chi connectivity index (χ2v) is 7.56. The van der Waals surface area contributed by atoms with Gasteiger partial charge in [0, 0.05) is 36.7 Å². The summed E-state index contributed by atoms with van der Waals surface area (Å²) in [5.41, 5.74) is 2.47. The van der Waals surface area contributed by atoms with Gasteiger partial charge < -0.3 is 15.2 Å². The smallest absolute Gasteiger partial charge is 0.228 e. The van der Waals surface area contributed by atoms with Gasteiger partial charge in [-0.15, -0.1) is 0 Å². The Morgan fingerprint density at radius 1 is 1.27 bits per heavy atom. The van der Waals surface area contributed by atoms with Gasteiger partial charge in [0.2, 0.25) is 5.91 Å². The zero-order chi connectivity index (χ0) is 20.9. The van der Waals surface area contributed by atoms with Crippen LogP contribution in [0.4, 0.5) is 5.69 Å². The Balaban J connectivity index is 1.40. The summed E-state index contributed by atoms with van der Waals surface area (Å²) in [5.74, 6) is 0.885. The van der Waals surface area contributed by atoms with Gasteiger partial charge in [0.05, 0.1) is 18.7 Å². The predicted molar refractivity (Wildman–Crippen MR) is 115 cm³/mol. The molecule has 1 aromatic heterocycles. The minimum absolute atomic E-state index is 0.0205. The number of nitrogens with one attached hydrogen (secondary N) is 1. The minimum atomic E-state index is -0.0974. The monoisotopic (exact) mass is 406 g/mol. The number of amides is 1. The highest BCUT2D eigenvalue weighted by atomic mass is 16.5. The molecule has 2 heterocycles. The van der Waals surface area contributed by atoms with Crippen LogP contribution in [0.3, 0.4) is 0 Å². The lowest BCUT2D eigenvalue weighted by Gasteiger charge is -2.32. The molecule has 2 aromatic carbocycles. The van der Waals surface area contributed by atoms with Crippen LogP contribution >= 0.6 is 0 Å². The molecule has 0 unspecified atom stereocenters. The Morgan fingerprint density at radius 3 is 2.97 bits per heavy atom. The van der Waals surface area contributed by atoms with Crippen LogP contribution in [0.15, 0.2) is 60.9 Å². The van der Waals surface area contributed by atoms with Crippen LogP contribution < -0.4 is 10.1 Å². The number of aromatic hydroxyl groups is 1. The van der Waals surface area contributed by atoms with Crippen molar-refractivity contribution in [2.45, 2.75) is 19.4 Å². The lowest BCUT2D eigenvalue weighted by atomic mass is 9.96. The Kier molecular flexibility index (Phi) is 5.99. The summed E-state index contributed by atoms with van der Waals surface area (Å²) in [4.78, 5) is 15.1. The molecule has 4 rings (SSSR count). The van der Waals surface area contributed by atoms with Gasteiger partial charge in [-0.2, -0.15) is 5.10 Å². The van der Waals surface area contributed by atoms with Gasteiger partial charge in [-0.3, -0.25) is 9.69 Å². The van der Waals surface area contributed by atoms with E-state index in [0.717, 1.165) is 36.3 Å². The topological polar surface area (TPSA) is 79.6 Å². The molecule has 1 fully saturated rings. The van der Waals surface area contributed by atoms with Crippen LogP contribution in [0, 0.1) is 5.92 Å². The predicted octanol–water partition coefficient (Wildman–Crippen LogP) is 3.44. The number of methoxy groups -OCH3 is 1. The molecule has 1 amide bonds. The molecule has 7 nitrogen and oxygen atoms in total. The number of anilines is 1. The van der Waals surface area contributed by atoms with Crippen LogP contribution in [-0.2, 0) is 11.3 Å². The van der Waals surface area contributed by atoms with Gasteiger partial charge in [-0.05, 0) is 61.9 Å². The molecule has 156 valence electrons. The van der Waals surface area contributed by atoms with Crippen molar-refractivity contribution in [1.29, 1.82) is 0 Å². The summed E-state index contributed by atoms with van der Waals surface area (Å²) < 4.78 is 7.02. The van der Waals surface area contributed by atoms with E-state index in [9.17, 15) is 9.90 Å². The molecule has 0 spiro atoms. The number of nitrogens with zero attached hydrogens (tertiary/aromatic N) is 3. The molecule has 30 heavy (non-hydrogen) atoms. The van der Waals surface area contributed by atoms with E-state index in [1.165, 1.54) is 0 Å². The van der Waals surface area contributed by atoms with E-state index in [1.54, 1.807) is 30.1 Å². The third-order valence-electron chi connectivity index (χ3n) is 5.44. The molecule has 1 saturated heterocycles. The van der Waals surface area contributed by atoms with Gasteiger partial charge in [-0.25, -0.2) is 4.68 Å². The summed E-state index contributed by atoms with van der Waals surface area (Å²) in [7, 11) is 1.61. The first-order valence-corrected chi connectivity index (χ1v) is 10.1. The second-order valence-electron chi connectivity index (χ2n) is 7.56. The summed E-state index contributed by atoms with van der Waals surface area (Å²) in [6.07, 6.45) is 5.39. The number of ether oxygens (including phenoxy) is 1. The number of piperidine rings is 1. The van der Waals surface area contributed by atoms with Crippen LogP contribution in [-0.4, -0.2) is 45.9 Å². The maximum atomic E-state index is 12.9. The largest absolute Gasteiger partial charge is 0.508 e. The highest BCUT2D eigenvalue weighted by molar-refractivity contribution is 5.93. The van der Waals surface area contributed by atoms with E-state index in [2.05, 4.69) is 15.3 Å².